The third-order valence-electron chi connectivity index (χ3n) is 3.46. The Morgan fingerprint density at radius 1 is 1.29 bits per heavy atom. The molecule has 3 nitrogen and oxygen atoms in total. The van der Waals surface area contributed by atoms with Gasteiger partial charge in [-0.1, -0.05) is 33.1 Å². The van der Waals surface area contributed by atoms with Crippen molar-refractivity contribution in [3.63, 3.8) is 0 Å². The molecular formula is C14H27NO2. The van der Waals surface area contributed by atoms with E-state index < -0.39 is 0 Å². The van der Waals surface area contributed by atoms with Crippen LogP contribution in [0.1, 0.15) is 59.3 Å². The molecule has 0 spiro atoms. The molecule has 0 saturated heterocycles. The second kappa shape index (κ2) is 7.70. The molecule has 1 aliphatic rings. The minimum Gasteiger partial charge on any atom is -0.466 e. The molecule has 1 atom stereocenters. The molecule has 1 rings (SSSR count). The maximum absolute atomic E-state index is 11.6. The summed E-state index contributed by atoms with van der Waals surface area (Å²) < 4.78 is 5.07. The zero-order valence-electron chi connectivity index (χ0n) is 11.5. The Morgan fingerprint density at radius 3 is 2.47 bits per heavy atom. The van der Waals surface area contributed by atoms with E-state index in [0.29, 0.717) is 31.0 Å². The summed E-state index contributed by atoms with van der Waals surface area (Å²) in [7, 11) is 0. The summed E-state index contributed by atoms with van der Waals surface area (Å²) in [4.78, 5) is 11.6. The smallest absolute Gasteiger partial charge is 0.307 e. The van der Waals surface area contributed by atoms with Gasteiger partial charge in [0.25, 0.3) is 0 Å². The summed E-state index contributed by atoms with van der Waals surface area (Å²) in [6, 6.07) is 0.728. The van der Waals surface area contributed by atoms with Crippen LogP contribution < -0.4 is 5.32 Å². The molecule has 3 heteroatoms. The van der Waals surface area contributed by atoms with Gasteiger partial charge in [0, 0.05) is 12.1 Å². The molecule has 0 aromatic heterocycles. The van der Waals surface area contributed by atoms with E-state index in [1.807, 2.05) is 6.92 Å². The highest BCUT2D eigenvalue weighted by Crippen LogP contribution is 2.28. The molecule has 1 N–H and O–H groups in total. The lowest BCUT2D eigenvalue weighted by molar-refractivity contribution is -0.144. The molecule has 0 aromatic rings. The fraction of sp³-hybridized carbons (Fsp3) is 0.929. The van der Waals surface area contributed by atoms with Gasteiger partial charge in [0.15, 0.2) is 0 Å². The van der Waals surface area contributed by atoms with Gasteiger partial charge in [-0.05, 0) is 25.7 Å². The summed E-state index contributed by atoms with van der Waals surface area (Å²) in [5.41, 5.74) is 0. The number of hydrogen-bond donors (Lipinski definition) is 1. The quantitative estimate of drug-likeness (QED) is 0.727. The van der Waals surface area contributed by atoms with Crippen molar-refractivity contribution < 1.29 is 9.53 Å². The highest BCUT2D eigenvalue weighted by atomic mass is 16.5. The van der Waals surface area contributed by atoms with Crippen molar-refractivity contribution in [1.82, 2.24) is 5.32 Å². The molecule has 0 heterocycles. The number of ether oxygens (including phenoxy) is 1. The SMILES string of the molecule is CCOC(=O)CC(NC(C)C)C1CCCCC1. The molecule has 1 unspecified atom stereocenters. The molecule has 0 aliphatic heterocycles. The van der Waals surface area contributed by atoms with Gasteiger partial charge in [0.05, 0.1) is 13.0 Å². The van der Waals surface area contributed by atoms with Crippen LogP contribution in [0.4, 0.5) is 0 Å². The van der Waals surface area contributed by atoms with Crippen LogP contribution in [0.3, 0.4) is 0 Å². The molecule has 100 valence electrons. The monoisotopic (exact) mass is 241 g/mol. The van der Waals surface area contributed by atoms with E-state index in [1.165, 1.54) is 32.1 Å². The van der Waals surface area contributed by atoms with Crippen molar-refractivity contribution >= 4 is 5.97 Å². The number of esters is 1. The number of carbonyl (C=O) groups excluding carboxylic acids is 1. The van der Waals surface area contributed by atoms with E-state index in [2.05, 4.69) is 19.2 Å². The van der Waals surface area contributed by atoms with Crippen molar-refractivity contribution in [2.45, 2.75) is 71.4 Å². The van der Waals surface area contributed by atoms with Crippen LogP contribution in [0.25, 0.3) is 0 Å². The fourth-order valence-corrected chi connectivity index (χ4v) is 2.73. The van der Waals surface area contributed by atoms with E-state index in [1.54, 1.807) is 0 Å². The molecule has 0 aromatic carbocycles. The van der Waals surface area contributed by atoms with Crippen molar-refractivity contribution in [1.29, 1.82) is 0 Å². The maximum Gasteiger partial charge on any atom is 0.307 e. The number of nitrogens with one attached hydrogen (secondary N) is 1. The summed E-state index contributed by atoms with van der Waals surface area (Å²) in [6.45, 7) is 6.63. The average Bonchev–Trinajstić information content (AvgIpc) is 2.29. The molecule has 1 aliphatic carbocycles. The third kappa shape index (κ3) is 5.53. The summed E-state index contributed by atoms with van der Waals surface area (Å²) in [5.74, 6) is 0.590. The number of carbonyl (C=O) groups is 1. The standard InChI is InChI=1S/C14H27NO2/c1-4-17-14(16)10-13(15-11(2)3)12-8-6-5-7-9-12/h11-13,15H,4-10H2,1-3H3. The lowest BCUT2D eigenvalue weighted by atomic mass is 9.82. The third-order valence-corrected chi connectivity index (χ3v) is 3.46. The Labute approximate surface area is 105 Å². The van der Waals surface area contributed by atoms with Crippen LogP contribution in [0, 0.1) is 5.92 Å². The van der Waals surface area contributed by atoms with E-state index in [9.17, 15) is 4.79 Å². The van der Waals surface area contributed by atoms with Gasteiger partial charge in [-0.25, -0.2) is 0 Å². The predicted molar refractivity (Wildman–Crippen MR) is 69.9 cm³/mol. The molecule has 1 fully saturated rings. The average molecular weight is 241 g/mol. The zero-order valence-corrected chi connectivity index (χ0v) is 11.5. The lowest BCUT2D eigenvalue weighted by Gasteiger charge is -2.31. The number of hydrogen-bond acceptors (Lipinski definition) is 3. The van der Waals surface area contributed by atoms with E-state index in [-0.39, 0.29) is 5.97 Å². The second-order valence-electron chi connectivity index (χ2n) is 5.34. The van der Waals surface area contributed by atoms with Crippen LogP contribution in [0.15, 0.2) is 0 Å². The van der Waals surface area contributed by atoms with Crippen molar-refractivity contribution in [3.05, 3.63) is 0 Å². The van der Waals surface area contributed by atoms with Gasteiger partial charge in [0.1, 0.15) is 0 Å². The second-order valence-corrected chi connectivity index (χ2v) is 5.34. The topological polar surface area (TPSA) is 38.3 Å². The van der Waals surface area contributed by atoms with Gasteiger partial charge >= 0.3 is 5.97 Å². The zero-order chi connectivity index (χ0) is 12.7. The molecule has 0 radical (unpaired) electrons. The lowest BCUT2D eigenvalue weighted by Crippen LogP contribution is -2.42. The van der Waals surface area contributed by atoms with Gasteiger partial charge < -0.3 is 10.1 Å². The molecule has 17 heavy (non-hydrogen) atoms. The van der Waals surface area contributed by atoms with Crippen LogP contribution in [-0.4, -0.2) is 24.7 Å². The number of rotatable bonds is 6. The van der Waals surface area contributed by atoms with Gasteiger partial charge in [-0.15, -0.1) is 0 Å². The largest absolute Gasteiger partial charge is 0.466 e. The molecule has 0 amide bonds. The Bertz CT molecular complexity index is 222. The summed E-state index contributed by atoms with van der Waals surface area (Å²) in [5, 5.41) is 3.54. The predicted octanol–water partition coefficient (Wildman–Crippen LogP) is 2.89. The van der Waals surface area contributed by atoms with Crippen LogP contribution >= 0.6 is 0 Å². The van der Waals surface area contributed by atoms with E-state index >= 15 is 0 Å². The minimum absolute atomic E-state index is 0.0591. The molecule has 1 saturated carbocycles. The Morgan fingerprint density at radius 2 is 1.94 bits per heavy atom. The van der Waals surface area contributed by atoms with E-state index in [0.717, 1.165) is 0 Å². The molecule has 0 bridgehead atoms. The van der Waals surface area contributed by atoms with Crippen LogP contribution in [0.5, 0.6) is 0 Å². The first kappa shape index (κ1) is 14.5. The Kier molecular flexibility index (Phi) is 6.56. The first-order valence-corrected chi connectivity index (χ1v) is 7.05. The highest BCUT2D eigenvalue weighted by Gasteiger charge is 2.26. The first-order chi connectivity index (χ1) is 8.13. The first-order valence-electron chi connectivity index (χ1n) is 7.05. The molecular weight excluding hydrogens is 214 g/mol. The minimum atomic E-state index is -0.0591. The Balaban J connectivity index is 2.49. The maximum atomic E-state index is 11.6. The Hall–Kier alpha value is -0.570. The van der Waals surface area contributed by atoms with Gasteiger partial charge in [-0.3, -0.25) is 4.79 Å². The van der Waals surface area contributed by atoms with Crippen molar-refractivity contribution in [2.75, 3.05) is 6.61 Å². The van der Waals surface area contributed by atoms with Gasteiger partial charge in [0.2, 0.25) is 0 Å². The van der Waals surface area contributed by atoms with Crippen molar-refractivity contribution in [2.24, 2.45) is 5.92 Å². The van der Waals surface area contributed by atoms with Crippen molar-refractivity contribution in [3.8, 4) is 0 Å². The summed E-state index contributed by atoms with van der Waals surface area (Å²) >= 11 is 0. The fourth-order valence-electron chi connectivity index (χ4n) is 2.73. The van der Waals surface area contributed by atoms with Gasteiger partial charge in [-0.2, -0.15) is 0 Å². The van der Waals surface area contributed by atoms with Crippen LogP contribution in [0.2, 0.25) is 0 Å². The van der Waals surface area contributed by atoms with E-state index in [4.69, 9.17) is 4.74 Å². The normalized spacial score (nSPS) is 19.3. The highest BCUT2D eigenvalue weighted by molar-refractivity contribution is 5.70. The van der Waals surface area contributed by atoms with Crippen LogP contribution in [-0.2, 0) is 9.53 Å². The summed E-state index contributed by atoms with van der Waals surface area (Å²) in [6.07, 6.45) is 7.00.